The van der Waals surface area contributed by atoms with Gasteiger partial charge in [-0.15, -0.1) is 0 Å². The van der Waals surface area contributed by atoms with Crippen molar-refractivity contribution in [3.63, 3.8) is 0 Å². The fourth-order valence-electron chi connectivity index (χ4n) is 3.87. The molecule has 0 aliphatic carbocycles. The Morgan fingerprint density at radius 1 is 1.16 bits per heavy atom. The van der Waals surface area contributed by atoms with Crippen molar-refractivity contribution in [2.75, 3.05) is 24.5 Å². The van der Waals surface area contributed by atoms with E-state index in [9.17, 15) is 18.0 Å². The zero-order valence-corrected chi connectivity index (χ0v) is 16.2. The highest BCUT2D eigenvalue weighted by atomic mass is 19.4. The molecule has 0 saturated carbocycles. The van der Waals surface area contributed by atoms with Crippen molar-refractivity contribution in [1.29, 1.82) is 0 Å². The Bertz CT molecular complexity index is 1190. The normalized spacial score (nSPS) is 19.6. The third-order valence-corrected chi connectivity index (χ3v) is 5.35. The molecule has 31 heavy (non-hydrogen) atoms. The summed E-state index contributed by atoms with van der Waals surface area (Å²) in [6, 6.07) is 1.76. The molecule has 3 aromatic heterocycles. The Balaban J connectivity index is 1.45. The van der Waals surface area contributed by atoms with E-state index < -0.39 is 11.9 Å². The minimum Gasteiger partial charge on any atom is -0.356 e. The average molecular weight is 430 g/mol. The molecule has 0 radical (unpaired) electrons. The molecule has 0 bridgehead atoms. The smallest absolute Gasteiger partial charge is 0.356 e. The van der Waals surface area contributed by atoms with Crippen LogP contribution in [-0.2, 0) is 11.0 Å². The zero-order valence-electron chi connectivity index (χ0n) is 16.2. The summed E-state index contributed by atoms with van der Waals surface area (Å²) in [6.45, 7) is 1.56. The Kier molecular flexibility index (Phi) is 4.56. The second-order valence-corrected chi connectivity index (χ2v) is 7.42. The van der Waals surface area contributed by atoms with E-state index in [1.807, 2.05) is 0 Å². The van der Waals surface area contributed by atoms with Crippen molar-refractivity contribution in [3.8, 4) is 11.5 Å². The Morgan fingerprint density at radius 2 is 2.03 bits per heavy atom. The molecule has 0 spiro atoms. The molecule has 1 N–H and O–H groups in total. The first-order valence-corrected chi connectivity index (χ1v) is 9.71. The van der Waals surface area contributed by atoms with Gasteiger partial charge in [0.1, 0.15) is 23.9 Å². The highest BCUT2D eigenvalue weighted by Gasteiger charge is 2.33. The number of anilines is 1. The van der Waals surface area contributed by atoms with E-state index in [1.165, 1.54) is 10.6 Å². The molecule has 2 aliphatic rings. The van der Waals surface area contributed by atoms with Gasteiger partial charge in [0.15, 0.2) is 17.2 Å². The summed E-state index contributed by atoms with van der Waals surface area (Å²) in [5.41, 5.74) is -0.413. The van der Waals surface area contributed by atoms with Crippen LogP contribution in [0.2, 0.25) is 0 Å². The Hall–Kier alpha value is -3.57. The quantitative estimate of drug-likeness (QED) is 0.682. The van der Waals surface area contributed by atoms with E-state index in [0.717, 1.165) is 31.8 Å². The molecule has 1 saturated heterocycles. The maximum absolute atomic E-state index is 13.1. The second-order valence-electron chi connectivity index (χ2n) is 7.42. The molecule has 12 heteroatoms. The molecule has 2 aliphatic heterocycles. The number of nitrogens with one attached hydrogen (secondary N) is 1. The van der Waals surface area contributed by atoms with Crippen LogP contribution in [0.4, 0.5) is 19.0 Å². The van der Waals surface area contributed by atoms with E-state index in [-0.39, 0.29) is 29.8 Å². The fraction of sp³-hybridized carbons (Fsp3) is 0.368. The lowest BCUT2D eigenvalue weighted by molar-refractivity contribution is -0.141. The van der Waals surface area contributed by atoms with Crippen LogP contribution in [0.1, 0.15) is 18.5 Å². The van der Waals surface area contributed by atoms with E-state index in [4.69, 9.17) is 0 Å². The Labute approximate surface area is 174 Å². The number of fused-ring (bicyclic) bond motifs is 1. The lowest BCUT2D eigenvalue weighted by atomic mass is 9.97. The van der Waals surface area contributed by atoms with E-state index in [2.05, 4.69) is 35.1 Å². The van der Waals surface area contributed by atoms with Gasteiger partial charge in [0.2, 0.25) is 5.91 Å². The number of hydrogen-bond donors (Lipinski definition) is 1. The van der Waals surface area contributed by atoms with Crippen LogP contribution >= 0.6 is 0 Å². The number of amides is 1. The molecule has 1 amide bonds. The van der Waals surface area contributed by atoms with Crippen LogP contribution < -0.4 is 10.2 Å². The number of carbonyl (C=O) groups is 1. The molecule has 5 heterocycles. The van der Waals surface area contributed by atoms with Gasteiger partial charge in [0.05, 0.1) is 12.4 Å². The van der Waals surface area contributed by atoms with Gasteiger partial charge >= 0.3 is 6.18 Å². The number of hydrogen-bond acceptors (Lipinski definition) is 7. The molecule has 160 valence electrons. The molecular formula is C19H17F3N8O. The van der Waals surface area contributed by atoms with Crippen LogP contribution in [0.5, 0.6) is 0 Å². The molecule has 5 rings (SSSR count). The summed E-state index contributed by atoms with van der Waals surface area (Å²) >= 11 is 0. The molecule has 0 aromatic carbocycles. The predicted molar refractivity (Wildman–Crippen MR) is 104 cm³/mol. The van der Waals surface area contributed by atoms with Crippen molar-refractivity contribution >= 4 is 23.2 Å². The zero-order chi connectivity index (χ0) is 21.6. The Morgan fingerprint density at radius 3 is 2.81 bits per heavy atom. The monoisotopic (exact) mass is 430 g/mol. The van der Waals surface area contributed by atoms with Gasteiger partial charge < -0.3 is 10.2 Å². The molecular weight excluding hydrogens is 413 g/mol. The molecule has 1 unspecified atom stereocenters. The van der Waals surface area contributed by atoms with Crippen molar-refractivity contribution in [3.05, 3.63) is 36.5 Å². The minimum atomic E-state index is -4.57. The molecule has 3 aromatic rings. The lowest BCUT2D eigenvalue weighted by Crippen LogP contribution is -2.43. The van der Waals surface area contributed by atoms with Crippen LogP contribution in [-0.4, -0.2) is 55.7 Å². The number of piperidine rings is 1. The van der Waals surface area contributed by atoms with Crippen molar-refractivity contribution in [2.24, 2.45) is 10.9 Å². The number of aromatic nitrogens is 5. The first kappa shape index (κ1) is 19.4. The first-order chi connectivity index (χ1) is 14.9. The predicted octanol–water partition coefficient (Wildman–Crippen LogP) is 1.95. The van der Waals surface area contributed by atoms with Gasteiger partial charge in [-0.25, -0.2) is 19.9 Å². The molecule has 1 fully saturated rings. The third-order valence-electron chi connectivity index (χ3n) is 5.35. The van der Waals surface area contributed by atoms with Crippen molar-refractivity contribution < 1.29 is 18.0 Å². The van der Waals surface area contributed by atoms with Crippen LogP contribution in [0, 0.1) is 5.92 Å². The fourth-order valence-corrected chi connectivity index (χ4v) is 3.87. The standard InChI is InChI=1S/C19H17F3N8O/c20-19(21,22)13-10-30-12(6-25-15(30)7-24-13)18-23-4-3-14(27-18)29-5-1-2-11(9-29)17-26-8-16(31)28-17/h3-4,6-7,10-11H,1-2,5,8-9H2,(H,26,28,31). The maximum atomic E-state index is 13.1. The molecule has 1 atom stereocenters. The summed E-state index contributed by atoms with van der Waals surface area (Å²) in [5, 5.41) is 2.81. The van der Waals surface area contributed by atoms with E-state index in [1.54, 1.807) is 12.3 Å². The first-order valence-electron chi connectivity index (χ1n) is 9.71. The van der Waals surface area contributed by atoms with Crippen molar-refractivity contribution in [1.82, 2.24) is 29.7 Å². The van der Waals surface area contributed by atoms with Gasteiger partial charge in [-0.1, -0.05) is 0 Å². The van der Waals surface area contributed by atoms with Crippen LogP contribution in [0.3, 0.4) is 0 Å². The topological polar surface area (TPSA) is 101 Å². The van der Waals surface area contributed by atoms with Crippen LogP contribution in [0.25, 0.3) is 17.2 Å². The lowest BCUT2D eigenvalue weighted by Gasteiger charge is -2.33. The number of carbonyl (C=O) groups excluding carboxylic acids is 1. The number of nitrogens with zero attached hydrogens (tertiary/aromatic N) is 7. The summed E-state index contributed by atoms with van der Waals surface area (Å²) in [7, 11) is 0. The van der Waals surface area contributed by atoms with E-state index in [0.29, 0.717) is 23.9 Å². The largest absolute Gasteiger partial charge is 0.434 e. The summed E-state index contributed by atoms with van der Waals surface area (Å²) in [6.07, 6.45) is 2.20. The van der Waals surface area contributed by atoms with E-state index >= 15 is 0 Å². The van der Waals surface area contributed by atoms with Gasteiger partial charge in [-0.05, 0) is 18.9 Å². The summed E-state index contributed by atoms with van der Waals surface area (Å²) < 4.78 is 40.5. The minimum absolute atomic E-state index is 0.0924. The highest BCUT2D eigenvalue weighted by Crippen LogP contribution is 2.29. The third kappa shape index (κ3) is 3.68. The average Bonchev–Trinajstić information content (AvgIpc) is 3.39. The number of imidazole rings is 1. The SMILES string of the molecule is O=C1CN=C(C2CCCN(c3ccnc(-c4cnc5cnc(C(F)(F)F)cn45)n3)C2)N1. The maximum Gasteiger partial charge on any atom is 0.434 e. The molecule has 9 nitrogen and oxygen atoms in total. The number of aliphatic imine (C=N–C) groups is 1. The highest BCUT2D eigenvalue weighted by molar-refractivity contribution is 6.05. The second kappa shape index (κ2) is 7.29. The van der Waals surface area contributed by atoms with Gasteiger partial charge in [-0.3, -0.25) is 14.2 Å². The van der Waals surface area contributed by atoms with Gasteiger partial charge in [0.25, 0.3) is 0 Å². The van der Waals surface area contributed by atoms with Crippen molar-refractivity contribution in [2.45, 2.75) is 19.0 Å². The number of amidine groups is 1. The summed E-state index contributed by atoms with van der Waals surface area (Å²) in [5.74, 6) is 1.61. The number of alkyl halides is 3. The van der Waals surface area contributed by atoms with Crippen LogP contribution in [0.15, 0.2) is 35.8 Å². The van der Waals surface area contributed by atoms with Gasteiger partial charge in [0, 0.05) is 31.4 Å². The summed E-state index contributed by atoms with van der Waals surface area (Å²) in [4.78, 5) is 34.2. The number of halogens is 3. The number of rotatable bonds is 3. The van der Waals surface area contributed by atoms with Gasteiger partial charge in [-0.2, -0.15) is 13.2 Å².